The summed E-state index contributed by atoms with van der Waals surface area (Å²) >= 11 is 0. The highest BCUT2D eigenvalue weighted by Crippen LogP contribution is 2.28. The number of carbonyl (C=O) groups is 1. The van der Waals surface area contributed by atoms with Crippen molar-refractivity contribution in [1.82, 2.24) is 4.90 Å². The van der Waals surface area contributed by atoms with Crippen LogP contribution in [-0.4, -0.2) is 39.8 Å². The summed E-state index contributed by atoms with van der Waals surface area (Å²) in [5, 5.41) is 18.9. The third-order valence-corrected chi connectivity index (χ3v) is 3.68. The third-order valence-electron chi connectivity index (χ3n) is 3.68. The number of piperidine rings is 1. The monoisotopic (exact) mass is 249 g/mol. The van der Waals surface area contributed by atoms with Gasteiger partial charge in [-0.2, -0.15) is 0 Å². The fraction of sp³-hybridized carbons (Fsp3) is 0.500. The maximum atomic E-state index is 11.3. The van der Waals surface area contributed by atoms with E-state index in [1.165, 1.54) is 0 Å². The first-order valence-electron chi connectivity index (χ1n) is 6.31. The third kappa shape index (κ3) is 2.71. The number of aliphatic carboxylic acids is 1. The van der Waals surface area contributed by atoms with Gasteiger partial charge in [-0.15, -0.1) is 0 Å². The molecular formula is C14H19NO3. The van der Waals surface area contributed by atoms with Crippen LogP contribution in [0.3, 0.4) is 0 Å². The van der Waals surface area contributed by atoms with Crippen molar-refractivity contribution in [1.29, 1.82) is 0 Å². The molecule has 0 aromatic heterocycles. The van der Waals surface area contributed by atoms with Crippen LogP contribution >= 0.6 is 0 Å². The topological polar surface area (TPSA) is 60.8 Å². The highest BCUT2D eigenvalue weighted by Gasteiger charge is 2.35. The average Bonchev–Trinajstić information content (AvgIpc) is 2.39. The largest absolute Gasteiger partial charge is 0.480 e. The van der Waals surface area contributed by atoms with E-state index in [-0.39, 0.29) is 6.04 Å². The molecule has 0 spiro atoms. The molecule has 0 bridgehead atoms. The number of aliphatic hydroxyl groups is 1. The quantitative estimate of drug-likeness (QED) is 0.855. The Balaban J connectivity index is 2.17. The Hall–Kier alpha value is -1.39. The number of carboxylic acid groups (broad SMARTS) is 1. The number of aliphatic hydroxyl groups excluding tert-OH is 1. The lowest BCUT2D eigenvalue weighted by Crippen LogP contribution is -2.49. The second-order valence-corrected chi connectivity index (χ2v) is 4.86. The molecule has 4 nitrogen and oxygen atoms in total. The summed E-state index contributed by atoms with van der Waals surface area (Å²) in [6, 6.07) is 9.35. The van der Waals surface area contributed by atoms with E-state index >= 15 is 0 Å². The minimum atomic E-state index is -0.850. The number of nitrogens with zero attached hydrogens (tertiary/aromatic N) is 1. The number of rotatable bonds is 3. The molecule has 18 heavy (non-hydrogen) atoms. The molecule has 1 aliphatic rings. The molecule has 1 aromatic rings. The van der Waals surface area contributed by atoms with Crippen molar-refractivity contribution < 1.29 is 15.0 Å². The molecule has 0 saturated carbocycles. The van der Waals surface area contributed by atoms with E-state index in [0.29, 0.717) is 19.4 Å². The predicted octanol–water partition coefficient (Wildman–Crippen LogP) is 1.66. The van der Waals surface area contributed by atoms with Crippen LogP contribution in [0.2, 0.25) is 0 Å². The van der Waals surface area contributed by atoms with Crippen LogP contribution < -0.4 is 0 Å². The zero-order chi connectivity index (χ0) is 13.1. The molecule has 1 heterocycles. The van der Waals surface area contributed by atoms with Crippen LogP contribution in [0.4, 0.5) is 0 Å². The van der Waals surface area contributed by atoms with E-state index in [9.17, 15) is 15.0 Å². The Morgan fingerprint density at radius 2 is 2.06 bits per heavy atom. The molecule has 2 rings (SSSR count). The minimum Gasteiger partial charge on any atom is -0.480 e. The Labute approximate surface area is 107 Å². The van der Waals surface area contributed by atoms with Crippen LogP contribution in [0.5, 0.6) is 0 Å². The minimum absolute atomic E-state index is 0.0554. The van der Waals surface area contributed by atoms with E-state index in [0.717, 1.165) is 5.56 Å². The first-order chi connectivity index (χ1) is 8.59. The average molecular weight is 249 g/mol. The summed E-state index contributed by atoms with van der Waals surface area (Å²) in [7, 11) is 0. The van der Waals surface area contributed by atoms with Crippen LogP contribution in [0.1, 0.15) is 31.4 Å². The molecular weight excluding hydrogens is 230 g/mol. The lowest BCUT2D eigenvalue weighted by atomic mass is 9.95. The number of hydrogen-bond donors (Lipinski definition) is 2. The van der Waals surface area contributed by atoms with Gasteiger partial charge in [0.2, 0.25) is 0 Å². The number of likely N-dealkylation sites (tertiary alicyclic amines) is 1. The van der Waals surface area contributed by atoms with Crippen molar-refractivity contribution in [2.45, 2.75) is 38.0 Å². The second-order valence-electron chi connectivity index (χ2n) is 4.86. The van der Waals surface area contributed by atoms with Gasteiger partial charge in [0.15, 0.2) is 0 Å². The number of hydrogen-bond acceptors (Lipinski definition) is 3. The van der Waals surface area contributed by atoms with Crippen LogP contribution in [-0.2, 0) is 4.79 Å². The molecule has 0 radical (unpaired) electrons. The summed E-state index contributed by atoms with van der Waals surface area (Å²) in [6.07, 6.45) is 0.457. The molecule has 1 aromatic carbocycles. The molecule has 2 N–H and O–H groups in total. The molecule has 1 aliphatic heterocycles. The van der Waals surface area contributed by atoms with Gasteiger partial charge in [-0.05, 0) is 25.3 Å². The van der Waals surface area contributed by atoms with Crippen molar-refractivity contribution in [3.63, 3.8) is 0 Å². The SMILES string of the molecule is CC(c1ccccc1)N1CC[C@@H](O)C[C@H]1C(=O)O. The van der Waals surface area contributed by atoms with Gasteiger partial charge in [0.25, 0.3) is 0 Å². The standard InChI is InChI=1S/C14H19NO3/c1-10(11-5-3-2-4-6-11)15-8-7-12(16)9-13(15)14(17)18/h2-6,10,12-13,16H,7-9H2,1H3,(H,17,18)/t10?,12-,13+/m1/s1. The van der Waals surface area contributed by atoms with Crippen molar-refractivity contribution in [3.8, 4) is 0 Å². The summed E-state index contributed by atoms with van der Waals surface area (Å²) in [5.41, 5.74) is 1.11. The van der Waals surface area contributed by atoms with Gasteiger partial charge in [-0.25, -0.2) is 0 Å². The van der Waals surface area contributed by atoms with Crippen LogP contribution in [0.25, 0.3) is 0 Å². The van der Waals surface area contributed by atoms with E-state index in [4.69, 9.17) is 0 Å². The summed E-state index contributed by atoms with van der Waals surface area (Å²) in [6.45, 7) is 2.64. The van der Waals surface area contributed by atoms with Gasteiger partial charge >= 0.3 is 5.97 Å². The molecule has 98 valence electrons. The molecule has 1 unspecified atom stereocenters. The zero-order valence-corrected chi connectivity index (χ0v) is 10.5. The van der Waals surface area contributed by atoms with Gasteiger partial charge in [0, 0.05) is 12.6 Å². The maximum Gasteiger partial charge on any atom is 0.321 e. The highest BCUT2D eigenvalue weighted by molar-refractivity contribution is 5.73. The Morgan fingerprint density at radius 3 is 2.67 bits per heavy atom. The number of carboxylic acids is 1. The first kappa shape index (κ1) is 13.1. The highest BCUT2D eigenvalue weighted by atomic mass is 16.4. The molecule has 3 atom stereocenters. The predicted molar refractivity (Wildman–Crippen MR) is 68.2 cm³/mol. The van der Waals surface area contributed by atoms with E-state index in [1.54, 1.807) is 0 Å². The van der Waals surface area contributed by atoms with Crippen LogP contribution in [0, 0.1) is 0 Å². The fourth-order valence-electron chi connectivity index (χ4n) is 2.59. The lowest BCUT2D eigenvalue weighted by molar-refractivity contribution is -0.148. The summed E-state index contributed by atoms with van der Waals surface area (Å²) < 4.78 is 0. The molecule has 4 heteroatoms. The van der Waals surface area contributed by atoms with Crippen LogP contribution in [0.15, 0.2) is 30.3 Å². The summed E-state index contributed by atoms with van der Waals surface area (Å²) in [5.74, 6) is -0.850. The van der Waals surface area contributed by atoms with Gasteiger partial charge in [0.1, 0.15) is 6.04 Å². The first-order valence-corrected chi connectivity index (χ1v) is 6.31. The number of benzene rings is 1. The van der Waals surface area contributed by atoms with E-state index < -0.39 is 18.1 Å². The van der Waals surface area contributed by atoms with Crippen molar-refractivity contribution in [2.24, 2.45) is 0 Å². The molecule has 0 amide bonds. The van der Waals surface area contributed by atoms with E-state index in [1.807, 2.05) is 42.2 Å². The fourth-order valence-corrected chi connectivity index (χ4v) is 2.59. The second kappa shape index (κ2) is 5.50. The normalized spacial score (nSPS) is 26.8. The maximum absolute atomic E-state index is 11.3. The molecule has 1 fully saturated rings. The smallest absolute Gasteiger partial charge is 0.321 e. The van der Waals surface area contributed by atoms with Gasteiger partial charge in [-0.1, -0.05) is 30.3 Å². The molecule has 1 saturated heterocycles. The Bertz CT molecular complexity index is 407. The van der Waals surface area contributed by atoms with Crippen molar-refractivity contribution >= 4 is 5.97 Å². The van der Waals surface area contributed by atoms with Crippen molar-refractivity contribution in [2.75, 3.05) is 6.54 Å². The Kier molecular flexibility index (Phi) is 3.99. The van der Waals surface area contributed by atoms with Gasteiger partial charge in [0.05, 0.1) is 6.10 Å². The summed E-state index contributed by atoms with van der Waals surface area (Å²) in [4.78, 5) is 13.3. The van der Waals surface area contributed by atoms with Crippen molar-refractivity contribution in [3.05, 3.63) is 35.9 Å². The molecule has 0 aliphatic carbocycles. The zero-order valence-electron chi connectivity index (χ0n) is 10.5. The van der Waals surface area contributed by atoms with E-state index in [2.05, 4.69) is 0 Å². The van der Waals surface area contributed by atoms with Gasteiger partial charge in [-0.3, -0.25) is 9.69 Å². The van der Waals surface area contributed by atoms with Gasteiger partial charge < -0.3 is 10.2 Å². The Morgan fingerprint density at radius 1 is 1.39 bits per heavy atom. The lowest BCUT2D eigenvalue weighted by Gasteiger charge is -2.39.